The van der Waals surface area contributed by atoms with E-state index in [4.69, 9.17) is 0 Å². The highest BCUT2D eigenvalue weighted by Gasteiger charge is 2.51. The number of amides is 6. The zero-order chi connectivity index (χ0) is 20.2. The van der Waals surface area contributed by atoms with Crippen molar-refractivity contribution in [1.29, 1.82) is 0 Å². The van der Waals surface area contributed by atoms with Crippen molar-refractivity contribution in [2.75, 3.05) is 13.1 Å². The molecule has 1 aliphatic heterocycles. The average molecular weight is 378 g/mol. The Morgan fingerprint density at radius 3 is 2.41 bits per heavy atom. The van der Waals surface area contributed by atoms with Gasteiger partial charge in [0.15, 0.2) is 0 Å². The van der Waals surface area contributed by atoms with Crippen LogP contribution in [-0.4, -0.2) is 41.9 Å². The van der Waals surface area contributed by atoms with Crippen LogP contribution in [0, 0.1) is 11.7 Å². The standard InChI is InChI=1S/C18H23FN4O4/c1-4-18(12-5-7-13(19)8-6-12)15(25)23(17(27)22-18)10-14(24)21-16(26)20-9-11(2)3/h5-8,11H,4,9-10H2,1-3H3,(H,22,27)(H2,20,21,24,26). The van der Waals surface area contributed by atoms with E-state index in [1.54, 1.807) is 6.92 Å². The highest BCUT2D eigenvalue weighted by molar-refractivity contribution is 6.10. The van der Waals surface area contributed by atoms with Crippen LogP contribution in [0.5, 0.6) is 0 Å². The summed E-state index contributed by atoms with van der Waals surface area (Å²) in [5.74, 6) is -1.67. The molecule has 1 aliphatic rings. The molecule has 8 nitrogen and oxygen atoms in total. The Kier molecular flexibility index (Phi) is 6.14. The summed E-state index contributed by atoms with van der Waals surface area (Å²) in [5.41, 5.74) is -0.951. The van der Waals surface area contributed by atoms with E-state index < -0.39 is 41.8 Å². The lowest BCUT2D eigenvalue weighted by molar-refractivity contribution is -0.135. The Morgan fingerprint density at radius 1 is 1.22 bits per heavy atom. The van der Waals surface area contributed by atoms with Crippen LogP contribution < -0.4 is 16.0 Å². The van der Waals surface area contributed by atoms with Crippen molar-refractivity contribution >= 4 is 23.9 Å². The SMILES string of the molecule is CCC1(c2ccc(F)cc2)NC(=O)N(CC(=O)NC(=O)NCC(C)C)C1=O. The van der Waals surface area contributed by atoms with Crippen LogP contribution in [0.25, 0.3) is 0 Å². The molecule has 0 radical (unpaired) electrons. The molecule has 1 fully saturated rings. The van der Waals surface area contributed by atoms with Crippen LogP contribution in [0.3, 0.4) is 0 Å². The van der Waals surface area contributed by atoms with Gasteiger partial charge in [0.05, 0.1) is 0 Å². The first kappa shape index (κ1) is 20.3. The fraction of sp³-hybridized carbons (Fsp3) is 0.444. The zero-order valence-electron chi connectivity index (χ0n) is 15.5. The highest BCUT2D eigenvalue weighted by atomic mass is 19.1. The lowest BCUT2D eigenvalue weighted by Gasteiger charge is -2.25. The minimum Gasteiger partial charge on any atom is -0.338 e. The number of carbonyl (C=O) groups is 4. The quantitative estimate of drug-likeness (QED) is 0.652. The molecule has 27 heavy (non-hydrogen) atoms. The molecule has 0 aromatic heterocycles. The zero-order valence-corrected chi connectivity index (χ0v) is 15.5. The summed E-state index contributed by atoms with van der Waals surface area (Å²) in [6.07, 6.45) is 0.218. The number of urea groups is 2. The number of benzene rings is 1. The van der Waals surface area contributed by atoms with Gasteiger partial charge in [0.2, 0.25) is 5.91 Å². The second kappa shape index (κ2) is 8.15. The van der Waals surface area contributed by atoms with Gasteiger partial charge in [-0.1, -0.05) is 32.9 Å². The van der Waals surface area contributed by atoms with E-state index in [9.17, 15) is 23.6 Å². The summed E-state index contributed by atoms with van der Waals surface area (Å²) < 4.78 is 13.2. The molecule has 1 unspecified atom stereocenters. The third-order valence-electron chi connectivity index (χ3n) is 4.27. The first-order valence-corrected chi connectivity index (χ1v) is 8.67. The van der Waals surface area contributed by atoms with Gasteiger partial charge < -0.3 is 10.6 Å². The van der Waals surface area contributed by atoms with Gasteiger partial charge >= 0.3 is 12.1 Å². The monoisotopic (exact) mass is 378 g/mol. The van der Waals surface area contributed by atoms with Crippen molar-refractivity contribution in [3.63, 3.8) is 0 Å². The minimum atomic E-state index is -1.37. The molecule has 1 aromatic carbocycles. The second-order valence-corrected chi connectivity index (χ2v) is 6.74. The topological polar surface area (TPSA) is 108 Å². The van der Waals surface area contributed by atoms with Crippen molar-refractivity contribution < 1.29 is 23.6 Å². The minimum absolute atomic E-state index is 0.206. The van der Waals surface area contributed by atoms with Gasteiger partial charge in [-0.2, -0.15) is 0 Å². The lowest BCUT2D eigenvalue weighted by Crippen LogP contribution is -2.47. The van der Waals surface area contributed by atoms with E-state index in [0.29, 0.717) is 12.1 Å². The summed E-state index contributed by atoms with van der Waals surface area (Å²) in [6, 6.07) is 3.78. The fourth-order valence-corrected chi connectivity index (χ4v) is 2.79. The molecule has 2 rings (SSSR count). The first-order chi connectivity index (χ1) is 12.7. The molecule has 9 heteroatoms. The number of carbonyl (C=O) groups excluding carboxylic acids is 4. The van der Waals surface area contributed by atoms with Crippen LogP contribution in [0.2, 0.25) is 0 Å². The molecule has 1 atom stereocenters. The van der Waals surface area contributed by atoms with E-state index >= 15 is 0 Å². The summed E-state index contributed by atoms with van der Waals surface area (Å²) in [7, 11) is 0. The Labute approximate surface area is 156 Å². The second-order valence-electron chi connectivity index (χ2n) is 6.74. The van der Waals surface area contributed by atoms with Crippen LogP contribution in [0.1, 0.15) is 32.8 Å². The maximum atomic E-state index is 13.2. The maximum absolute atomic E-state index is 13.2. The molecular weight excluding hydrogens is 355 g/mol. The van der Waals surface area contributed by atoms with Crippen LogP contribution >= 0.6 is 0 Å². The summed E-state index contributed by atoms with van der Waals surface area (Å²) >= 11 is 0. The molecule has 6 amide bonds. The molecule has 1 heterocycles. The Bertz CT molecular complexity index is 750. The van der Waals surface area contributed by atoms with Gasteiger partial charge in [-0.25, -0.2) is 14.0 Å². The van der Waals surface area contributed by atoms with Crippen molar-refractivity contribution in [3.05, 3.63) is 35.6 Å². The van der Waals surface area contributed by atoms with E-state index in [0.717, 1.165) is 4.90 Å². The fourth-order valence-electron chi connectivity index (χ4n) is 2.79. The van der Waals surface area contributed by atoms with Gasteiger partial charge in [-0.05, 0) is 30.0 Å². The maximum Gasteiger partial charge on any atom is 0.325 e. The molecule has 0 spiro atoms. The van der Waals surface area contributed by atoms with Crippen LogP contribution in [0.4, 0.5) is 14.0 Å². The number of halogens is 1. The normalized spacial score (nSPS) is 19.2. The van der Waals surface area contributed by atoms with Crippen LogP contribution in [0.15, 0.2) is 24.3 Å². The Morgan fingerprint density at radius 2 is 1.85 bits per heavy atom. The highest BCUT2D eigenvalue weighted by Crippen LogP contribution is 2.32. The van der Waals surface area contributed by atoms with Gasteiger partial charge in [0, 0.05) is 6.54 Å². The summed E-state index contributed by atoms with van der Waals surface area (Å²) in [4.78, 5) is 49.6. The molecule has 0 saturated carbocycles. The van der Waals surface area contributed by atoms with Crippen molar-refractivity contribution in [2.45, 2.75) is 32.7 Å². The number of hydrogen-bond acceptors (Lipinski definition) is 4. The average Bonchev–Trinajstić information content (AvgIpc) is 2.85. The molecule has 0 aliphatic carbocycles. The summed E-state index contributed by atoms with van der Waals surface area (Å²) in [6.45, 7) is 5.28. The van der Waals surface area contributed by atoms with E-state index in [2.05, 4.69) is 16.0 Å². The largest absolute Gasteiger partial charge is 0.338 e. The van der Waals surface area contributed by atoms with Crippen LogP contribution in [-0.2, 0) is 15.1 Å². The third kappa shape index (κ3) is 4.42. The van der Waals surface area contributed by atoms with Gasteiger partial charge in [-0.15, -0.1) is 0 Å². The predicted octanol–water partition coefficient (Wildman–Crippen LogP) is 1.46. The Hall–Kier alpha value is -2.97. The van der Waals surface area contributed by atoms with Crippen molar-refractivity contribution in [2.24, 2.45) is 5.92 Å². The van der Waals surface area contributed by atoms with E-state index in [-0.39, 0.29) is 12.3 Å². The predicted molar refractivity (Wildman–Crippen MR) is 95.0 cm³/mol. The number of imide groups is 2. The Balaban J connectivity index is 2.09. The molecule has 0 bridgehead atoms. The van der Waals surface area contributed by atoms with Gasteiger partial charge in [0.25, 0.3) is 5.91 Å². The molecule has 1 aromatic rings. The van der Waals surface area contributed by atoms with E-state index in [1.807, 2.05) is 13.8 Å². The molecular formula is C18H23FN4O4. The van der Waals surface area contributed by atoms with Gasteiger partial charge in [0.1, 0.15) is 17.9 Å². The first-order valence-electron chi connectivity index (χ1n) is 8.67. The smallest absolute Gasteiger partial charge is 0.325 e. The number of nitrogens with one attached hydrogen (secondary N) is 3. The number of hydrogen-bond donors (Lipinski definition) is 3. The number of nitrogens with zero attached hydrogens (tertiary/aromatic N) is 1. The molecule has 146 valence electrons. The molecule has 1 saturated heterocycles. The van der Waals surface area contributed by atoms with Crippen molar-refractivity contribution in [3.8, 4) is 0 Å². The molecule has 3 N–H and O–H groups in total. The third-order valence-corrected chi connectivity index (χ3v) is 4.27. The summed E-state index contributed by atoms with van der Waals surface area (Å²) in [5, 5.41) is 7.18. The van der Waals surface area contributed by atoms with Gasteiger partial charge in [-0.3, -0.25) is 19.8 Å². The van der Waals surface area contributed by atoms with E-state index in [1.165, 1.54) is 24.3 Å². The lowest BCUT2D eigenvalue weighted by atomic mass is 9.87. The number of rotatable bonds is 6. The van der Waals surface area contributed by atoms with Crippen molar-refractivity contribution in [1.82, 2.24) is 20.9 Å².